The van der Waals surface area contributed by atoms with E-state index < -0.39 is 0 Å². The molecule has 146 valence electrons. The van der Waals surface area contributed by atoms with Crippen LogP contribution < -0.4 is 5.32 Å². The van der Waals surface area contributed by atoms with Crippen molar-refractivity contribution in [3.63, 3.8) is 0 Å². The lowest BCUT2D eigenvalue weighted by atomic mass is 9.86. The number of nitrogens with zero attached hydrogens (tertiary/aromatic N) is 2. The van der Waals surface area contributed by atoms with Crippen LogP contribution >= 0.6 is 0 Å². The predicted octanol–water partition coefficient (Wildman–Crippen LogP) is 5.00. The Bertz CT molecular complexity index is 928. The van der Waals surface area contributed by atoms with Gasteiger partial charge in [-0.3, -0.25) is 4.79 Å². The summed E-state index contributed by atoms with van der Waals surface area (Å²) in [6, 6.07) is 12.6. The molecule has 1 N–H and O–H groups in total. The predicted molar refractivity (Wildman–Crippen MR) is 113 cm³/mol. The minimum Gasteiger partial charge on any atom is -0.348 e. The number of hydrogen-bond donors (Lipinski definition) is 1. The summed E-state index contributed by atoms with van der Waals surface area (Å²) in [7, 11) is 0. The van der Waals surface area contributed by atoms with Gasteiger partial charge in [0.15, 0.2) is 0 Å². The molecule has 1 aromatic heterocycles. The van der Waals surface area contributed by atoms with E-state index >= 15 is 0 Å². The lowest BCUT2D eigenvalue weighted by molar-refractivity contribution is -0.118. The number of hydrogen-bond acceptors (Lipinski definition) is 2. The molecule has 0 aliphatic heterocycles. The van der Waals surface area contributed by atoms with Crippen molar-refractivity contribution in [2.75, 3.05) is 0 Å². The van der Waals surface area contributed by atoms with E-state index in [2.05, 4.69) is 54.1 Å². The first-order chi connectivity index (χ1) is 13.4. The Kier molecular flexibility index (Phi) is 6.04. The first-order valence-electron chi connectivity index (χ1n) is 10.1. The molecule has 0 radical (unpaired) electrons. The molecule has 3 rings (SSSR count). The summed E-state index contributed by atoms with van der Waals surface area (Å²) in [6.07, 6.45) is 6.20. The highest BCUT2D eigenvalue weighted by Crippen LogP contribution is 2.25. The van der Waals surface area contributed by atoms with Crippen molar-refractivity contribution in [3.05, 3.63) is 58.4 Å². The fourth-order valence-corrected chi connectivity index (χ4v) is 4.11. The second-order valence-electron chi connectivity index (χ2n) is 8.01. The second-order valence-corrected chi connectivity index (χ2v) is 8.01. The Labute approximate surface area is 167 Å². The van der Waals surface area contributed by atoms with E-state index in [0.717, 1.165) is 41.9 Å². The molecule has 1 saturated carbocycles. The Morgan fingerprint density at radius 1 is 1.18 bits per heavy atom. The Balaban J connectivity index is 1.86. The maximum Gasteiger partial charge on any atom is 0.262 e. The van der Waals surface area contributed by atoms with Crippen LogP contribution in [0.1, 0.15) is 55.1 Å². The Morgan fingerprint density at radius 2 is 1.86 bits per heavy atom. The standard InChI is InChI=1S/C24H29N3O/c1-16-9-11-22(12-10-16)27-18(3)13-20(19(27)4)14-21(15-25)24(28)26-23-8-6-5-7-17(23)2/h9-14,17,23H,5-8H2,1-4H3,(H,26,28)/b21-14+/t17-,23-/m0/s1. The molecule has 0 saturated heterocycles. The van der Waals surface area contributed by atoms with Crippen molar-refractivity contribution in [2.24, 2.45) is 5.92 Å². The van der Waals surface area contributed by atoms with Crippen LogP contribution in [0, 0.1) is 38.0 Å². The maximum absolute atomic E-state index is 12.7. The lowest BCUT2D eigenvalue weighted by Gasteiger charge is -2.29. The third-order valence-electron chi connectivity index (χ3n) is 5.86. The smallest absolute Gasteiger partial charge is 0.262 e. The molecule has 0 spiro atoms. The van der Waals surface area contributed by atoms with E-state index in [1.165, 1.54) is 12.0 Å². The molecular formula is C24H29N3O. The van der Waals surface area contributed by atoms with Gasteiger partial charge in [-0.05, 0) is 69.4 Å². The number of aryl methyl sites for hydroxylation is 2. The van der Waals surface area contributed by atoms with Crippen molar-refractivity contribution in [3.8, 4) is 11.8 Å². The van der Waals surface area contributed by atoms with Gasteiger partial charge in [0, 0.05) is 23.1 Å². The first-order valence-corrected chi connectivity index (χ1v) is 10.1. The van der Waals surface area contributed by atoms with Gasteiger partial charge in [-0.1, -0.05) is 37.5 Å². The van der Waals surface area contributed by atoms with E-state index in [9.17, 15) is 10.1 Å². The van der Waals surface area contributed by atoms with Crippen LogP contribution in [-0.2, 0) is 4.79 Å². The van der Waals surface area contributed by atoms with Crippen LogP contribution in [0.4, 0.5) is 0 Å². The van der Waals surface area contributed by atoms with Gasteiger partial charge in [-0.2, -0.15) is 5.26 Å². The van der Waals surface area contributed by atoms with Gasteiger partial charge >= 0.3 is 0 Å². The fraction of sp³-hybridized carbons (Fsp3) is 0.417. The average molecular weight is 376 g/mol. The van der Waals surface area contributed by atoms with Crippen LogP contribution in [0.25, 0.3) is 11.8 Å². The Hall–Kier alpha value is -2.80. The van der Waals surface area contributed by atoms with Gasteiger partial charge in [0.2, 0.25) is 0 Å². The van der Waals surface area contributed by atoms with Crippen molar-refractivity contribution >= 4 is 12.0 Å². The van der Waals surface area contributed by atoms with Crippen LogP contribution in [0.2, 0.25) is 0 Å². The number of rotatable bonds is 4. The molecule has 0 bridgehead atoms. The third-order valence-corrected chi connectivity index (χ3v) is 5.86. The molecule has 1 aromatic carbocycles. The molecule has 1 amide bonds. The summed E-state index contributed by atoms with van der Waals surface area (Å²) in [5, 5.41) is 12.7. The molecule has 4 heteroatoms. The van der Waals surface area contributed by atoms with E-state index in [1.54, 1.807) is 6.08 Å². The molecule has 28 heavy (non-hydrogen) atoms. The van der Waals surface area contributed by atoms with Gasteiger partial charge in [-0.25, -0.2) is 0 Å². The molecule has 1 aliphatic rings. The Morgan fingerprint density at radius 3 is 2.50 bits per heavy atom. The highest BCUT2D eigenvalue weighted by molar-refractivity contribution is 6.02. The number of carbonyl (C=O) groups is 1. The zero-order valence-electron chi connectivity index (χ0n) is 17.2. The monoisotopic (exact) mass is 375 g/mol. The maximum atomic E-state index is 12.7. The van der Waals surface area contributed by atoms with E-state index in [4.69, 9.17) is 0 Å². The number of aromatic nitrogens is 1. The number of amides is 1. The number of carbonyl (C=O) groups excluding carboxylic acids is 1. The number of benzene rings is 1. The SMILES string of the molecule is Cc1ccc(-n2c(C)cc(/C=C(\C#N)C(=O)N[C@H]3CCCC[C@@H]3C)c2C)cc1. The largest absolute Gasteiger partial charge is 0.348 e. The van der Waals surface area contributed by atoms with Crippen molar-refractivity contribution in [1.82, 2.24) is 9.88 Å². The van der Waals surface area contributed by atoms with Crippen LogP contribution in [0.5, 0.6) is 0 Å². The summed E-state index contributed by atoms with van der Waals surface area (Å²) >= 11 is 0. The molecule has 2 atom stereocenters. The topological polar surface area (TPSA) is 57.8 Å². The zero-order chi connectivity index (χ0) is 20.3. The summed E-state index contributed by atoms with van der Waals surface area (Å²) in [5.41, 5.74) is 5.47. The second kappa shape index (κ2) is 8.48. The van der Waals surface area contributed by atoms with Crippen molar-refractivity contribution < 1.29 is 4.79 Å². The van der Waals surface area contributed by atoms with Crippen molar-refractivity contribution in [1.29, 1.82) is 5.26 Å². The van der Waals surface area contributed by atoms with E-state index in [-0.39, 0.29) is 17.5 Å². The highest BCUT2D eigenvalue weighted by atomic mass is 16.1. The molecule has 2 aromatic rings. The molecule has 0 unspecified atom stereocenters. The van der Waals surface area contributed by atoms with E-state index in [0.29, 0.717) is 5.92 Å². The summed E-state index contributed by atoms with van der Waals surface area (Å²) < 4.78 is 2.15. The molecular weight excluding hydrogens is 346 g/mol. The zero-order valence-corrected chi connectivity index (χ0v) is 17.2. The van der Waals surface area contributed by atoms with Crippen LogP contribution in [0.3, 0.4) is 0 Å². The third kappa shape index (κ3) is 4.20. The van der Waals surface area contributed by atoms with E-state index in [1.807, 2.05) is 19.9 Å². The van der Waals surface area contributed by atoms with Crippen LogP contribution in [-0.4, -0.2) is 16.5 Å². The molecule has 1 fully saturated rings. The van der Waals surface area contributed by atoms with Gasteiger partial charge in [0.1, 0.15) is 11.6 Å². The highest BCUT2D eigenvalue weighted by Gasteiger charge is 2.24. The summed E-state index contributed by atoms with van der Waals surface area (Å²) in [5.74, 6) is 0.200. The van der Waals surface area contributed by atoms with Gasteiger partial charge in [-0.15, -0.1) is 0 Å². The minimum atomic E-state index is -0.263. The van der Waals surface area contributed by atoms with Crippen molar-refractivity contribution in [2.45, 2.75) is 59.4 Å². The summed E-state index contributed by atoms with van der Waals surface area (Å²) in [6.45, 7) is 8.31. The number of nitriles is 1. The average Bonchev–Trinajstić information content (AvgIpc) is 2.95. The molecule has 4 nitrogen and oxygen atoms in total. The minimum absolute atomic E-state index is 0.165. The fourth-order valence-electron chi connectivity index (χ4n) is 4.11. The molecule has 1 heterocycles. The number of nitrogens with one attached hydrogen (secondary N) is 1. The van der Waals surface area contributed by atoms with Gasteiger partial charge in [0.05, 0.1) is 0 Å². The van der Waals surface area contributed by atoms with Crippen LogP contribution in [0.15, 0.2) is 35.9 Å². The van der Waals surface area contributed by atoms with Gasteiger partial charge in [0.25, 0.3) is 5.91 Å². The molecule has 1 aliphatic carbocycles. The quantitative estimate of drug-likeness (QED) is 0.603. The summed E-state index contributed by atoms with van der Waals surface area (Å²) in [4.78, 5) is 12.7. The normalized spacial score (nSPS) is 19.9. The van der Waals surface area contributed by atoms with Gasteiger partial charge < -0.3 is 9.88 Å². The lowest BCUT2D eigenvalue weighted by Crippen LogP contribution is -2.41. The first kappa shape index (κ1) is 19.9.